The van der Waals surface area contributed by atoms with Crippen LogP contribution in [0.1, 0.15) is 5.69 Å². The van der Waals surface area contributed by atoms with Gasteiger partial charge in [-0.05, 0) is 25.1 Å². The van der Waals surface area contributed by atoms with Crippen molar-refractivity contribution >= 4 is 21.4 Å². The Kier molecular flexibility index (Phi) is 3.11. The number of nitrogen functional groups attached to an aromatic ring is 1. The SMILES string of the molecule is Cc1nn(C)cc1NS(=O)(=O)c1ccc(O)c(N)c1. The second-order valence-corrected chi connectivity index (χ2v) is 5.81. The van der Waals surface area contributed by atoms with E-state index in [4.69, 9.17) is 5.73 Å². The highest BCUT2D eigenvalue weighted by atomic mass is 32.2. The predicted octanol–water partition coefficient (Wildman–Crippen LogP) is 0.817. The molecule has 2 aromatic rings. The van der Waals surface area contributed by atoms with E-state index >= 15 is 0 Å². The van der Waals surface area contributed by atoms with E-state index in [-0.39, 0.29) is 16.3 Å². The van der Waals surface area contributed by atoms with Crippen molar-refractivity contribution in [3.8, 4) is 5.75 Å². The van der Waals surface area contributed by atoms with Crippen LogP contribution in [0.15, 0.2) is 29.3 Å². The fourth-order valence-electron chi connectivity index (χ4n) is 1.60. The zero-order chi connectivity index (χ0) is 14.2. The van der Waals surface area contributed by atoms with E-state index in [1.54, 1.807) is 20.2 Å². The van der Waals surface area contributed by atoms with Crippen LogP contribution in [0.5, 0.6) is 5.75 Å². The summed E-state index contributed by atoms with van der Waals surface area (Å²) in [5.74, 6) is -0.156. The van der Waals surface area contributed by atoms with Crippen LogP contribution in [-0.4, -0.2) is 23.3 Å². The summed E-state index contributed by atoms with van der Waals surface area (Å²) in [6.45, 7) is 1.70. The molecule has 0 aliphatic heterocycles. The minimum atomic E-state index is -3.76. The van der Waals surface area contributed by atoms with E-state index in [1.807, 2.05) is 0 Å². The Morgan fingerprint density at radius 2 is 2.11 bits per heavy atom. The number of phenols is 1. The first-order valence-electron chi connectivity index (χ1n) is 5.41. The van der Waals surface area contributed by atoms with Gasteiger partial charge in [-0.15, -0.1) is 0 Å². The molecule has 0 fully saturated rings. The van der Waals surface area contributed by atoms with Crippen LogP contribution in [-0.2, 0) is 17.1 Å². The molecule has 0 radical (unpaired) electrons. The Morgan fingerprint density at radius 3 is 2.63 bits per heavy atom. The van der Waals surface area contributed by atoms with E-state index in [2.05, 4.69) is 9.82 Å². The molecular weight excluding hydrogens is 268 g/mol. The van der Waals surface area contributed by atoms with Crippen LogP contribution in [0, 0.1) is 6.92 Å². The molecule has 102 valence electrons. The van der Waals surface area contributed by atoms with Gasteiger partial charge in [0.15, 0.2) is 0 Å². The van der Waals surface area contributed by atoms with Crippen molar-refractivity contribution in [3.05, 3.63) is 30.1 Å². The Labute approximate surface area is 110 Å². The number of phenolic OH excluding ortho intramolecular Hbond substituents is 1. The summed E-state index contributed by atoms with van der Waals surface area (Å²) in [5, 5.41) is 13.3. The van der Waals surface area contributed by atoms with Crippen LogP contribution >= 0.6 is 0 Å². The van der Waals surface area contributed by atoms with Crippen LogP contribution in [0.2, 0.25) is 0 Å². The van der Waals surface area contributed by atoms with Crippen LogP contribution < -0.4 is 10.5 Å². The molecule has 0 spiro atoms. The molecule has 0 bridgehead atoms. The lowest BCUT2D eigenvalue weighted by atomic mass is 10.3. The number of hydrogen-bond donors (Lipinski definition) is 3. The second-order valence-electron chi connectivity index (χ2n) is 4.13. The number of anilines is 2. The molecule has 0 atom stereocenters. The lowest BCUT2D eigenvalue weighted by Gasteiger charge is -2.08. The van der Waals surface area contributed by atoms with Gasteiger partial charge in [-0.2, -0.15) is 5.10 Å². The highest BCUT2D eigenvalue weighted by Crippen LogP contribution is 2.25. The predicted molar refractivity (Wildman–Crippen MR) is 71.3 cm³/mol. The molecule has 1 aromatic heterocycles. The molecule has 1 aromatic carbocycles. The molecular formula is C11H14N4O3S. The zero-order valence-corrected chi connectivity index (χ0v) is 11.3. The van der Waals surface area contributed by atoms with Crippen LogP contribution in [0.3, 0.4) is 0 Å². The second kappa shape index (κ2) is 4.47. The molecule has 4 N–H and O–H groups in total. The Balaban J connectivity index is 2.37. The average molecular weight is 282 g/mol. The van der Waals surface area contributed by atoms with Gasteiger partial charge in [0.25, 0.3) is 10.0 Å². The molecule has 0 aliphatic rings. The van der Waals surface area contributed by atoms with Gasteiger partial charge in [0, 0.05) is 13.2 Å². The molecule has 0 saturated carbocycles. The highest BCUT2D eigenvalue weighted by Gasteiger charge is 2.17. The molecule has 0 unspecified atom stereocenters. The summed E-state index contributed by atoms with van der Waals surface area (Å²) in [5.41, 5.74) is 6.46. The monoisotopic (exact) mass is 282 g/mol. The first kappa shape index (κ1) is 13.2. The molecule has 7 nitrogen and oxygen atoms in total. The van der Waals surface area contributed by atoms with Crippen molar-refractivity contribution in [3.63, 3.8) is 0 Å². The van der Waals surface area contributed by atoms with E-state index < -0.39 is 10.0 Å². The lowest BCUT2D eigenvalue weighted by Crippen LogP contribution is -2.13. The van der Waals surface area contributed by atoms with Gasteiger partial charge < -0.3 is 10.8 Å². The van der Waals surface area contributed by atoms with E-state index in [0.29, 0.717) is 11.4 Å². The summed E-state index contributed by atoms with van der Waals surface area (Å²) in [4.78, 5) is -0.0222. The average Bonchev–Trinajstić information content (AvgIpc) is 2.60. The number of nitrogens with two attached hydrogens (primary N) is 1. The van der Waals surface area contributed by atoms with Gasteiger partial charge in [0.2, 0.25) is 0 Å². The smallest absolute Gasteiger partial charge is 0.262 e. The minimum Gasteiger partial charge on any atom is -0.506 e. The third-order valence-electron chi connectivity index (χ3n) is 2.57. The Bertz CT molecular complexity index is 722. The minimum absolute atomic E-state index is 0.00536. The number of aromatic nitrogens is 2. The maximum atomic E-state index is 12.1. The fourth-order valence-corrected chi connectivity index (χ4v) is 2.74. The van der Waals surface area contributed by atoms with Crippen LogP contribution in [0.25, 0.3) is 0 Å². The number of sulfonamides is 1. The third kappa shape index (κ3) is 2.63. The normalized spacial score (nSPS) is 11.5. The Morgan fingerprint density at radius 1 is 1.42 bits per heavy atom. The largest absolute Gasteiger partial charge is 0.506 e. The highest BCUT2D eigenvalue weighted by molar-refractivity contribution is 7.92. The van der Waals surface area contributed by atoms with Gasteiger partial charge in [-0.25, -0.2) is 8.42 Å². The zero-order valence-electron chi connectivity index (χ0n) is 10.5. The van der Waals surface area contributed by atoms with Gasteiger partial charge >= 0.3 is 0 Å². The van der Waals surface area contributed by atoms with Crippen molar-refractivity contribution in [1.82, 2.24) is 9.78 Å². The maximum Gasteiger partial charge on any atom is 0.262 e. The summed E-state index contributed by atoms with van der Waals surface area (Å²) in [7, 11) is -2.06. The molecule has 0 aliphatic carbocycles. The van der Waals surface area contributed by atoms with Crippen LogP contribution in [0.4, 0.5) is 11.4 Å². The van der Waals surface area contributed by atoms with E-state index in [1.165, 1.54) is 22.9 Å². The van der Waals surface area contributed by atoms with Crippen molar-refractivity contribution in [2.45, 2.75) is 11.8 Å². The third-order valence-corrected chi connectivity index (χ3v) is 3.93. The first-order chi connectivity index (χ1) is 8.79. The maximum absolute atomic E-state index is 12.1. The fraction of sp³-hybridized carbons (Fsp3) is 0.182. The lowest BCUT2D eigenvalue weighted by molar-refractivity contribution is 0.477. The molecule has 1 heterocycles. The summed E-state index contributed by atoms with van der Waals surface area (Å²) < 4.78 is 28.2. The molecule has 19 heavy (non-hydrogen) atoms. The van der Waals surface area contributed by atoms with Gasteiger partial charge in [-0.1, -0.05) is 0 Å². The molecule has 2 rings (SSSR count). The standard InChI is InChI=1S/C11H14N4O3S/c1-7-10(6-15(2)13-7)14-19(17,18)8-3-4-11(16)9(12)5-8/h3-6,14,16H,12H2,1-2H3. The van der Waals surface area contributed by atoms with E-state index in [9.17, 15) is 13.5 Å². The number of nitrogens with one attached hydrogen (secondary N) is 1. The van der Waals surface area contributed by atoms with Gasteiger partial charge in [0.05, 0.1) is 22.0 Å². The van der Waals surface area contributed by atoms with Crippen molar-refractivity contribution < 1.29 is 13.5 Å². The first-order valence-corrected chi connectivity index (χ1v) is 6.89. The van der Waals surface area contributed by atoms with Gasteiger partial charge in [0.1, 0.15) is 5.75 Å². The topological polar surface area (TPSA) is 110 Å². The number of aromatic hydroxyl groups is 1. The molecule has 0 amide bonds. The molecule has 8 heteroatoms. The summed E-state index contributed by atoms with van der Waals surface area (Å²) >= 11 is 0. The molecule has 0 saturated heterocycles. The Hall–Kier alpha value is -2.22. The van der Waals surface area contributed by atoms with Crippen molar-refractivity contribution in [1.29, 1.82) is 0 Å². The van der Waals surface area contributed by atoms with Crippen molar-refractivity contribution in [2.75, 3.05) is 10.5 Å². The number of hydrogen-bond acceptors (Lipinski definition) is 5. The number of aryl methyl sites for hydroxylation is 2. The number of benzene rings is 1. The number of rotatable bonds is 3. The van der Waals surface area contributed by atoms with Gasteiger partial charge in [-0.3, -0.25) is 9.40 Å². The van der Waals surface area contributed by atoms with Crippen molar-refractivity contribution in [2.24, 2.45) is 7.05 Å². The number of nitrogens with zero attached hydrogens (tertiary/aromatic N) is 2. The summed E-state index contributed by atoms with van der Waals surface area (Å²) in [6, 6.07) is 3.71. The van der Waals surface area contributed by atoms with E-state index in [0.717, 1.165) is 0 Å². The summed E-state index contributed by atoms with van der Waals surface area (Å²) in [6.07, 6.45) is 1.57. The quantitative estimate of drug-likeness (QED) is 0.570.